The summed E-state index contributed by atoms with van der Waals surface area (Å²) in [5.41, 5.74) is 1.72. The highest BCUT2D eigenvalue weighted by atomic mass is 79.9. The number of fused-ring (bicyclic) bond motifs is 1. The summed E-state index contributed by atoms with van der Waals surface area (Å²) < 4.78 is 27.6. The lowest BCUT2D eigenvalue weighted by molar-refractivity contribution is 0.269. The zero-order chi connectivity index (χ0) is 26.5. The molecule has 0 atom stereocenters. The van der Waals surface area contributed by atoms with Gasteiger partial charge in [0.25, 0.3) is 5.56 Å². The minimum absolute atomic E-state index is 0.175. The number of hydrogen-bond donors (Lipinski definition) is 0. The van der Waals surface area contributed by atoms with Crippen LogP contribution in [0.3, 0.4) is 0 Å². The van der Waals surface area contributed by atoms with Crippen molar-refractivity contribution in [2.45, 2.75) is 33.3 Å². The molecule has 0 saturated carbocycles. The third-order valence-electron chi connectivity index (χ3n) is 5.41. The lowest BCUT2D eigenvalue weighted by Crippen LogP contribution is -2.22. The first-order valence-corrected chi connectivity index (χ1v) is 13.6. The molecule has 3 aromatic carbocycles. The van der Waals surface area contributed by atoms with E-state index in [0.717, 1.165) is 16.5 Å². The van der Waals surface area contributed by atoms with E-state index in [0.29, 0.717) is 51.3 Å². The maximum absolute atomic E-state index is 13.3. The van der Waals surface area contributed by atoms with Crippen molar-refractivity contribution in [3.63, 3.8) is 0 Å². The molecule has 0 fully saturated rings. The average molecular weight is 652 g/mol. The normalized spacial score (nSPS) is 11.4. The molecule has 37 heavy (non-hydrogen) atoms. The zero-order valence-corrected chi connectivity index (χ0v) is 24.0. The first kappa shape index (κ1) is 27.3. The van der Waals surface area contributed by atoms with Crippen LogP contribution in [-0.2, 0) is 13.0 Å². The molecule has 0 radical (unpaired) electrons. The highest BCUT2D eigenvalue weighted by Crippen LogP contribution is 2.42. The van der Waals surface area contributed by atoms with Crippen molar-refractivity contribution in [1.82, 2.24) is 9.66 Å². The molecule has 10 heteroatoms. The number of halogens is 4. The molecule has 0 spiro atoms. The Kier molecular flexibility index (Phi) is 9.00. The summed E-state index contributed by atoms with van der Waals surface area (Å²) in [6, 6.07) is 13.2. The van der Waals surface area contributed by atoms with E-state index in [4.69, 9.17) is 21.1 Å². The molecule has 0 bridgehead atoms. The van der Waals surface area contributed by atoms with Crippen molar-refractivity contribution >= 4 is 60.6 Å². The van der Waals surface area contributed by atoms with Crippen molar-refractivity contribution in [3.8, 4) is 11.5 Å². The fraction of sp³-hybridized carbons (Fsp3) is 0.222. The molecule has 0 saturated heterocycles. The van der Waals surface area contributed by atoms with E-state index < -0.39 is 0 Å². The van der Waals surface area contributed by atoms with Crippen molar-refractivity contribution in [2.75, 3.05) is 6.61 Å². The lowest BCUT2D eigenvalue weighted by Gasteiger charge is -2.16. The third-order valence-corrected chi connectivity index (χ3v) is 7.35. The number of benzene rings is 3. The highest BCUT2D eigenvalue weighted by molar-refractivity contribution is 9.10. The number of aromatic nitrogens is 2. The van der Waals surface area contributed by atoms with Gasteiger partial charge in [-0.3, -0.25) is 4.79 Å². The lowest BCUT2D eigenvalue weighted by atomic mass is 10.2. The largest absolute Gasteiger partial charge is 0.490 e. The second-order valence-electron chi connectivity index (χ2n) is 8.07. The van der Waals surface area contributed by atoms with Crippen LogP contribution in [0.4, 0.5) is 4.39 Å². The Morgan fingerprint density at radius 1 is 1.11 bits per heavy atom. The van der Waals surface area contributed by atoms with Gasteiger partial charge >= 0.3 is 0 Å². The molecule has 0 aliphatic heterocycles. The van der Waals surface area contributed by atoms with Crippen LogP contribution in [0.5, 0.6) is 11.5 Å². The van der Waals surface area contributed by atoms with E-state index in [9.17, 15) is 9.18 Å². The molecular weight excluding hydrogens is 629 g/mol. The van der Waals surface area contributed by atoms with Crippen LogP contribution in [0.1, 0.15) is 37.2 Å². The number of hydrogen-bond acceptors (Lipinski definition) is 5. The predicted octanol–water partition coefficient (Wildman–Crippen LogP) is 7.53. The minimum atomic E-state index is -0.321. The zero-order valence-electron chi connectivity index (χ0n) is 20.1. The molecule has 0 amide bonds. The van der Waals surface area contributed by atoms with Gasteiger partial charge in [-0.25, -0.2) is 9.37 Å². The summed E-state index contributed by atoms with van der Waals surface area (Å²) in [5.74, 6) is 1.00. The summed E-state index contributed by atoms with van der Waals surface area (Å²) in [4.78, 5) is 18.0. The molecular formula is C27H23Br2ClFN3O3. The van der Waals surface area contributed by atoms with Gasteiger partial charge in [0.1, 0.15) is 23.3 Å². The Morgan fingerprint density at radius 2 is 1.86 bits per heavy atom. The smallest absolute Gasteiger partial charge is 0.282 e. The molecule has 1 aromatic heterocycles. The standard InChI is InChI=1S/C27H23Br2ClFN3O3/c1-3-5-23-33-21-11-8-18(28)13-20(21)27(35)34(23)32-14-17-12-22(36-4-2)26(25(30)24(17)29)37-15-16-6-9-19(31)10-7-16/h6-14H,3-5,15H2,1-2H3. The van der Waals surface area contributed by atoms with Crippen molar-refractivity contribution in [3.05, 3.63) is 95.6 Å². The van der Waals surface area contributed by atoms with E-state index in [1.807, 2.05) is 26.0 Å². The van der Waals surface area contributed by atoms with Crippen molar-refractivity contribution in [2.24, 2.45) is 5.10 Å². The summed E-state index contributed by atoms with van der Waals surface area (Å²) in [6.45, 7) is 4.42. The van der Waals surface area contributed by atoms with Gasteiger partial charge in [-0.15, -0.1) is 0 Å². The molecule has 0 aliphatic carbocycles. The Labute approximate surface area is 235 Å². The monoisotopic (exact) mass is 649 g/mol. The number of nitrogens with zero attached hydrogens (tertiary/aromatic N) is 3. The van der Waals surface area contributed by atoms with Crippen LogP contribution in [0.25, 0.3) is 10.9 Å². The quantitative estimate of drug-likeness (QED) is 0.176. The number of rotatable bonds is 9. The van der Waals surface area contributed by atoms with Crippen molar-refractivity contribution < 1.29 is 13.9 Å². The molecule has 0 aliphatic rings. The minimum Gasteiger partial charge on any atom is -0.490 e. The molecule has 6 nitrogen and oxygen atoms in total. The van der Waals surface area contributed by atoms with E-state index in [1.54, 1.807) is 24.3 Å². The molecule has 192 valence electrons. The van der Waals surface area contributed by atoms with E-state index in [1.165, 1.54) is 23.0 Å². The molecule has 1 heterocycles. The van der Waals surface area contributed by atoms with Crippen LogP contribution in [0.15, 0.2) is 67.4 Å². The fourth-order valence-corrected chi connectivity index (χ4v) is 4.67. The molecule has 0 N–H and O–H groups in total. The maximum atomic E-state index is 13.3. The molecule has 4 rings (SSSR count). The first-order valence-electron chi connectivity index (χ1n) is 11.6. The van der Waals surface area contributed by atoms with Gasteiger partial charge in [0.05, 0.1) is 23.7 Å². The van der Waals surface area contributed by atoms with Gasteiger partial charge < -0.3 is 9.47 Å². The van der Waals surface area contributed by atoms with Crippen LogP contribution >= 0.6 is 43.5 Å². The summed E-state index contributed by atoms with van der Waals surface area (Å²) in [7, 11) is 0. The Bertz CT molecular complexity index is 1520. The van der Waals surface area contributed by atoms with Crippen molar-refractivity contribution in [1.29, 1.82) is 0 Å². The Hall–Kier alpha value is -2.75. The highest BCUT2D eigenvalue weighted by Gasteiger charge is 2.18. The van der Waals surface area contributed by atoms with E-state index in [2.05, 4.69) is 41.9 Å². The van der Waals surface area contributed by atoms with Gasteiger partial charge in [-0.05, 0) is 71.2 Å². The second-order valence-corrected chi connectivity index (χ2v) is 10.2. The van der Waals surface area contributed by atoms with Gasteiger partial charge in [0.15, 0.2) is 11.5 Å². The van der Waals surface area contributed by atoms with E-state index >= 15 is 0 Å². The topological polar surface area (TPSA) is 65.7 Å². The van der Waals surface area contributed by atoms with Gasteiger partial charge in [-0.2, -0.15) is 9.78 Å². The Balaban J connectivity index is 1.73. The van der Waals surface area contributed by atoms with Crippen LogP contribution in [0, 0.1) is 5.82 Å². The van der Waals surface area contributed by atoms with Gasteiger partial charge in [0.2, 0.25) is 0 Å². The predicted molar refractivity (Wildman–Crippen MR) is 152 cm³/mol. The average Bonchev–Trinajstić information content (AvgIpc) is 2.88. The number of aryl methyl sites for hydroxylation is 1. The van der Waals surface area contributed by atoms with Gasteiger partial charge in [-0.1, -0.05) is 46.6 Å². The van der Waals surface area contributed by atoms with Crippen LogP contribution < -0.4 is 15.0 Å². The maximum Gasteiger partial charge on any atom is 0.282 e. The summed E-state index contributed by atoms with van der Waals surface area (Å²) in [6.07, 6.45) is 2.92. The van der Waals surface area contributed by atoms with E-state index in [-0.39, 0.29) is 23.0 Å². The Morgan fingerprint density at radius 3 is 2.57 bits per heavy atom. The SMILES string of the molecule is CCCc1nc2ccc(Br)cc2c(=O)n1N=Cc1cc(OCC)c(OCc2ccc(F)cc2)c(Cl)c1Br. The summed E-state index contributed by atoms with van der Waals surface area (Å²) >= 11 is 13.6. The second kappa shape index (κ2) is 12.2. The first-order chi connectivity index (χ1) is 17.8. The third kappa shape index (κ3) is 6.22. The summed E-state index contributed by atoms with van der Waals surface area (Å²) in [5, 5.41) is 5.24. The van der Waals surface area contributed by atoms with Gasteiger partial charge in [0, 0.05) is 20.9 Å². The molecule has 4 aromatic rings. The van der Waals surface area contributed by atoms with Crippen LogP contribution in [-0.4, -0.2) is 22.5 Å². The molecule has 0 unspecified atom stereocenters. The van der Waals surface area contributed by atoms with Crippen LogP contribution in [0.2, 0.25) is 5.02 Å². The fourth-order valence-electron chi connectivity index (χ4n) is 3.65. The number of ether oxygens (including phenoxy) is 2.